The van der Waals surface area contributed by atoms with Crippen molar-refractivity contribution >= 4 is 17.4 Å². The monoisotopic (exact) mass is 338 g/mol. The van der Waals surface area contributed by atoms with Crippen LogP contribution in [-0.2, 0) is 0 Å². The summed E-state index contributed by atoms with van der Waals surface area (Å²) in [4.78, 5) is 25.0. The van der Waals surface area contributed by atoms with Gasteiger partial charge in [0.15, 0.2) is 0 Å². The summed E-state index contributed by atoms with van der Waals surface area (Å²) >= 11 is 0. The molecule has 0 bridgehead atoms. The number of hydrogen-bond acceptors (Lipinski definition) is 6. The van der Waals surface area contributed by atoms with Crippen molar-refractivity contribution in [1.29, 1.82) is 0 Å². The van der Waals surface area contributed by atoms with Crippen LogP contribution >= 0.6 is 0 Å². The lowest BCUT2D eigenvalue weighted by molar-refractivity contribution is -0.385. The summed E-state index contributed by atoms with van der Waals surface area (Å²) in [6.07, 6.45) is -0.700. The average molecular weight is 338 g/mol. The second-order valence-electron chi connectivity index (χ2n) is 4.74. The zero-order chi connectivity index (χ0) is 17.9. The molecule has 0 spiro atoms. The molecule has 0 radical (unpaired) electrons. The topological polar surface area (TPSA) is 131 Å². The quantitative estimate of drug-likeness (QED) is 0.540. The number of aliphatic hydroxyl groups excluding tert-OH is 1. The number of rotatable bonds is 6. The van der Waals surface area contributed by atoms with Crippen molar-refractivity contribution in [1.82, 2.24) is 4.98 Å². The third-order valence-electron chi connectivity index (χ3n) is 3.15. The maximum absolute atomic E-state index is 13.6. The fourth-order valence-electron chi connectivity index (χ4n) is 2.01. The van der Waals surface area contributed by atoms with Crippen molar-refractivity contribution in [3.63, 3.8) is 0 Å². The van der Waals surface area contributed by atoms with E-state index < -0.39 is 46.4 Å². The van der Waals surface area contributed by atoms with Gasteiger partial charge in [-0.05, 0) is 12.1 Å². The van der Waals surface area contributed by atoms with E-state index in [1.54, 1.807) is 0 Å². The third-order valence-corrected chi connectivity index (χ3v) is 3.15. The maximum atomic E-state index is 13.6. The van der Waals surface area contributed by atoms with Gasteiger partial charge in [-0.15, -0.1) is 0 Å². The predicted octanol–water partition coefficient (Wildman–Crippen LogP) is 1.51. The molecule has 0 saturated carbocycles. The minimum atomic E-state index is -1.58. The number of hydrogen-bond donors (Lipinski definition) is 3. The lowest BCUT2D eigenvalue weighted by Gasteiger charge is -2.15. The summed E-state index contributed by atoms with van der Waals surface area (Å²) in [6.45, 7) is -0.400. The molecule has 0 fully saturated rings. The van der Waals surface area contributed by atoms with E-state index in [0.29, 0.717) is 0 Å². The van der Waals surface area contributed by atoms with Crippen LogP contribution in [0.2, 0.25) is 0 Å². The second kappa shape index (κ2) is 6.96. The number of nitrogens with zero attached hydrogens (tertiary/aromatic N) is 2. The minimum Gasteiger partial charge on any atom is -0.386 e. The first-order chi connectivity index (χ1) is 11.3. The predicted molar refractivity (Wildman–Crippen MR) is 79.2 cm³/mol. The third kappa shape index (κ3) is 3.60. The molecule has 0 aliphatic heterocycles. The van der Waals surface area contributed by atoms with E-state index in [1.165, 1.54) is 0 Å². The Balaban J connectivity index is 2.22. The molecule has 126 valence electrons. The Hall–Kier alpha value is -3.14. The van der Waals surface area contributed by atoms with Gasteiger partial charge in [-0.2, -0.15) is 0 Å². The van der Waals surface area contributed by atoms with Gasteiger partial charge >= 0.3 is 0 Å². The van der Waals surface area contributed by atoms with Gasteiger partial charge in [0.1, 0.15) is 29.8 Å². The van der Waals surface area contributed by atoms with E-state index in [4.69, 9.17) is 5.73 Å². The Morgan fingerprint density at radius 3 is 2.58 bits per heavy atom. The number of anilines is 1. The molecule has 1 aromatic carbocycles. The molecule has 2 aromatic rings. The Kier molecular flexibility index (Phi) is 4.99. The molecule has 1 amide bonds. The fourth-order valence-corrected chi connectivity index (χ4v) is 2.01. The molecule has 1 aromatic heterocycles. The fraction of sp³-hybridized carbons (Fsp3) is 0.143. The van der Waals surface area contributed by atoms with E-state index in [9.17, 15) is 28.8 Å². The number of nitro groups is 1. The number of halogens is 2. The number of primary amides is 1. The first kappa shape index (κ1) is 17.2. The van der Waals surface area contributed by atoms with E-state index in [1.807, 2.05) is 0 Å². The summed E-state index contributed by atoms with van der Waals surface area (Å²) in [5.74, 6) is -3.00. The number of carbonyl (C=O) groups excluding carboxylic acids is 1. The van der Waals surface area contributed by atoms with Gasteiger partial charge < -0.3 is 16.2 Å². The molecule has 2 rings (SSSR count). The highest BCUT2D eigenvalue weighted by Crippen LogP contribution is 2.23. The van der Waals surface area contributed by atoms with Crippen LogP contribution in [-0.4, -0.2) is 27.5 Å². The van der Waals surface area contributed by atoms with Crippen LogP contribution < -0.4 is 11.1 Å². The van der Waals surface area contributed by atoms with Crippen molar-refractivity contribution < 1.29 is 23.6 Å². The largest absolute Gasteiger partial charge is 0.386 e. The molecule has 0 saturated heterocycles. The number of aliphatic hydroxyl groups is 1. The Morgan fingerprint density at radius 2 is 2.04 bits per heavy atom. The molecule has 1 unspecified atom stereocenters. The zero-order valence-electron chi connectivity index (χ0n) is 12.1. The summed E-state index contributed by atoms with van der Waals surface area (Å²) in [5, 5.41) is 23.1. The van der Waals surface area contributed by atoms with Crippen molar-refractivity contribution in [2.75, 3.05) is 11.9 Å². The molecule has 10 heteroatoms. The highest BCUT2D eigenvalue weighted by atomic mass is 19.1. The van der Waals surface area contributed by atoms with Crippen molar-refractivity contribution in [3.8, 4) is 0 Å². The number of aromatic nitrogens is 1. The van der Waals surface area contributed by atoms with Gasteiger partial charge in [0.2, 0.25) is 0 Å². The lowest BCUT2D eigenvalue weighted by atomic mass is 10.1. The minimum absolute atomic E-state index is 0.149. The van der Waals surface area contributed by atoms with Crippen LogP contribution in [0.3, 0.4) is 0 Å². The van der Waals surface area contributed by atoms with Crippen LogP contribution in [0, 0.1) is 21.7 Å². The molecule has 8 nitrogen and oxygen atoms in total. The van der Waals surface area contributed by atoms with Gasteiger partial charge in [-0.25, -0.2) is 13.8 Å². The molecule has 1 heterocycles. The van der Waals surface area contributed by atoms with E-state index in [0.717, 1.165) is 30.5 Å². The van der Waals surface area contributed by atoms with Gasteiger partial charge in [-0.1, -0.05) is 6.07 Å². The van der Waals surface area contributed by atoms with Crippen LogP contribution in [0.25, 0.3) is 0 Å². The standard InChI is InChI=1S/C14H12F2N4O4/c15-9-2-1-3-10(16)12(9)11(21)6-19-14-8(13(17)22)4-7(5-18-14)20(23)24/h1-5,11,21H,6H2,(H2,17,22)(H,18,19). The number of nitrogens with one attached hydrogen (secondary N) is 1. The molecule has 0 aliphatic rings. The van der Waals surface area contributed by atoms with Crippen molar-refractivity contribution in [2.45, 2.75) is 6.10 Å². The Labute approximate surface area is 134 Å². The van der Waals surface area contributed by atoms with Crippen LogP contribution in [0.15, 0.2) is 30.5 Å². The first-order valence-corrected chi connectivity index (χ1v) is 6.61. The number of carbonyl (C=O) groups is 1. The number of pyridine rings is 1. The molecular formula is C14H12F2N4O4. The molecule has 4 N–H and O–H groups in total. The number of benzene rings is 1. The smallest absolute Gasteiger partial charge is 0.288 e. The Morgan fingerprint density at radius 1 is 1.42 bits per heavy atom. The average Bonchev–Trinajstić information content (AvgIpc) is 2.52. The summed E-state index contributed by atoms with van der Waals surface area (Å²) < 4.78 is 27.2. The summed E-state index contributed by atoms with van der Waals surface area (Å²) in [5.41, 5.74) is 3.84. The van der Waals surface area contributed by atoms with E-state index >= 15 is 0 Å². The van der Waals surface area contributed by atoms with E-state index in [2.05, 4.69) is 10.3 Å². The van der Waals surface area contributed by atoms with Crippen molar-refractivity contribution in [3.05, 3.63) is 63.3 Å². The molecule has 1 atom stereocenters. The van der Waals surface area contributed by atoms with Gasteiger partial charge in [0, 0.05) is 12.6 Å². The van der Waals surface area contributed by atoms with Gasteiger partial charge in [0.05, 0.1) is 16.1 Å². The van der Waals surface area contributed by atoms with E-state index in [-0.39, 0.29) is 11.4 Å². The maximum Gasteiger partial charge on any atom is 0.288 e. The number of nitrogens with two attached hydrogens (primary N) is 1. The highest BCUT2D eigenvalue weighted by Gasteiger charge is 2.20. The van der Waals surface area contributed by atoms with Gasteiger partial charge in [-0.3, -0.25) is 14.9 Å². The SMILES string of the molecule is NC(=O)c1cc([N+](=O)[O-])cnc1NCC(O)c1c(F)cccc1F. The second-order valence-corrected chi connectivity index (χ2v) is 4.74. The van der Waals surface area contributed by atoms with Crippen LogP contribution in [0.1, 0.15) is 22.0 Å². The van der Waals surface area contributed by atoms with Crippen LogP contribution in [0.5, 0.6) is 0 Å². The lowest BCUT2D eigenvalue weighted by Crippen LogP contribution is -2.20. The molecular weight excluding hydrogens is 326 g/mol. The molecule has 24 heavy (non-hydrogen) atoms. The number of amides is 1. The first-order valence-electron chi connectivity index (χ1n) is 6.61. The van der Waals surface area contributed by atoms with Gasteiger partial charge in [0.25, 0.3) is 11.6 Å². The van der Waals surface area contributed by atoms with Crippen LogP contribution in [0.4, 0.5) is 20.3 Å². The summed E-state index contributed by atoms with van der Waals surface area (Å²) in [6, 6.07) is 4.03. The molecule has 0 aliphatic carbocycles. The zero-order valence-corrected chi connectivity index (χ0v) is 12.1. The van der Waals surface area contributed by atoms with Crippen molar-refractivity contribution in [2.24, 2.45) is 5.73 Å². The highest BCUT2D eigenvalue weighted by molar-refractivity contribution is 5.98. The normalized spacial score (nSPS) is 11.8. The Bertz CT molecular complexity index is 780. The summed E-state index contributed by atoms with van der Waals surface area (Å²) in [7, 11) is 0.